The van der Waals surface area contributed by atoms with Gasteiger partial charge in [0.25, 0.3) is 0 Å². The number of benzene rings is 2. The number of carbonyl (C=O) groups excluding carboxylic acids is 1. The zero-order valence-electron chi connectivity index (χ0n) is 25.8. The summed E-state index contributed by atoms with van der Waals surface area (Å²) in [6.07, 6.45) is 20.2. The molecule has 5 heteroatoms. The monoisotopic (exact) mass is 581 g/mol. The summed E-state index contributed by atoms with van der Waals surface area (Å²) in [6.45, 7) is 5.44. The van der Waals surface area contributed by atoms with Crippen LogP contribution >= 0.6 is 11.6 Å². The first-order valence-electron chi connectivity index (χ1n) is 16.4. The summed E-state index contributed by atoms with van der Waals surface area (Å²) in [5.74, 6) is 0.981. The molecule has 2 aliphatic rings. The van der Waals surface area contributed by atoms with Crippen molar-refractivity contribution in [2.24, 2.45) is 0 Å². The van der Waals surface area contributed by atoms with E-state index in [-0.39, 0.29) is 16.9 Å². The molecule has 1 heterocycles. The van der Waals surface area contributed by atoms with Crippen LogP contribution in [0.3, 0.4) is 0 Å². The summed E-state index contributed by atoms with van der Waals surface area (Å²) in [5, 5.41) is 4.66. The molecular weight excluding hydrogens is 530 g/mol. The first-order valence-corrected chi connectivity index (χ1v) is 16.7. The number of halogens is 1. The molecule has 1 aliphatic carbocycles. The minimum Gasteiger partial charge on any atom is -0.493 e. The van der Waals surface area contributed by atoms with E-state index in [1.807, 2.05) is 12.1 Å². The van der Waals surface area contributed by atoms with Gasteiger partial charge in [0.05, 0.1) is 12.6 Å². The van der Waals surface area contributed by atoms with Gasteiger partial charge in [-0.25, -0.2) is 0 Å². The molecule has 0 bridgehead atoms. The maximum absolute atomic E-state index is 12.9. The lowest BCUT2D eigenvalue weighted by Crippen LogP contribution is -2.53. The summed E-state index contributed by atoms with van der Waals surface area (Å²) < 4.78 is 11.6. The van der Waals surface area contributed by atoms with Gasteiger partial charge in [0.2, 0.25) is 0 Å². The zero-order chi connectivity index (χ0) is 29.1. The van der Waals surface area contributed by atoms with Gasteiger partial charge >= 0.3 is 5.97 Å². The first kappa shape index (κ1) is 31.9. The van der Waals surface area contributed by atoms with Crippen molar-refractivity contribution >= 4 is 17.6 Å². The molecule has 0 spiro atoms. The Balaban J connectivity index is 1.28. The number of methoxy groups -OCH3 is 1. The fraction of sp³-hybridized carbons (Fsp3) is 0.639. The topological polar surface area (TPSA) is 47.6 Å². The maximum atomic E-state index is 12.9. The van der Waals surface area contributed by atoms with Crippen LogP contribution in [0.4, 0.5) is 0 Å². The lowest BCUT2D eigenvalue weighted by molar-refractivity contribution is -0.134. The summed E-state index contributed by atoms with van der Waals surface area (Å²) in [7, 11) is 1.65. The van der Waals surface area contributed by atoms with E-state index in [0.29, 0.717) is 17.9 Å². The van der Waals surface area contributed by atoms with Crippen LogP contribution in [0.5, 0.6) is 11.5 Å². The highest BCUT2D eigenvalue weighted by Gasteiger charge is 2.60. The molecule has 0 aromatic heterocycles. The molecule has 2 aromatic carbocycles. The molecule has 1 unspecified atom stereocenters. The number of hydrogen-bond acceptors (Lipinski definition) is 4. The van der Waals surface area contributed by atoms with Gasteiger partial charge in [-0.15, -0.1) is 0 Å². The average molecular weight is 582 g/mol. The Labute approximate surface area is 253 Å². The highest BCUT2D eigenvalue weighted by Crippen LogP contribution is 2.62. The maximum Gasteiger partial charge on any atom is 0.311 e. The van der Waals surface area contributed by atoms with E-state index in [1.54, 1.807) is 7.11 Å². The van der Waals surface area contributed by atoms with Crippen LogP contribution in [0.15, 0.2) is 36.4 Å². The third-order valence-corrected chi connectivity index (χ3v) is 9.94. The molecule has 1 N–H and O–H groups in total. The Kier molecular flexibility index (Phi) is 12.0. The molecule has 0 amide bonds. The van der Waals surface area contributed by atoms with Crippen LogP contribution < -0.4 is 14.8 Å². The Morgan fingerprint density at radius 2 is 1.46 bits per heavy atom. The fourth-order valence-electron chi connectivity index (χ4n) is 6.96. The molecule has 1 fully saturated rings. The number of hydrogen-bond donors (Lipinski definition) is 1. The molecule has 4 rings (SSSR count). The largest absolute Gasteiger partial charge is 0.493 e. The van der Waals surface area contributed by atoms with E-state index >= 15 is 0 Å². The van der Waals surface area contributed by atoms with Crippen molar-refractivity contribution in [2.75, 3.05) is 13.7 Å². The van der Waals surface area contributed by atoms with Crippen LogP contribution in [-0.4, -0.2) is 19.6 Å². The van der Waals surface area contributed by atoms with Gasteiger partial charge in [-0.1, -0.05) is 114 Å². The van der Waals surface area contributed by atoms with Crippen LogP contribution in [0.25, 0.3) is 0 Å². The summed E-state index contributed by atoms with van der Waals surface area (Å²) in [4.78, 5) is 12.9. The van der Waals surface area contributed by atoms with Gasteiger partial charge in [0.15, 0.2) is 11.5 Å². The van der Waals surface area contributed by atoms with Crippen molar-refractivity contribution in [1.29, 1.82) is 0 Å². The number of carbonyl (C=O) groups is 1. The van der Waals surface area contributed by atoms with Crippen molar-refractivity contribution in [3.63, 3.8) is 0 Å². The quantitative estimate of drug-likeness (QED) is 0.108. The van der Waals surface area contributed by atoms with Crippen molar-refractivity contribution < 1.29 is 14.3 Å². The smallest absolute Gasteiger partial charge is 0.311 e. The fourth-order valence-corrected chi connectivity index (χ4v) is 7.27. The van der Waals surface area contributed by atoms with Crippen molar-refractivity contribution in [3.05, 3.63) is 58.1 Å². The molecule has 0 saturated heterocycles. The van der Waals surface area contributed by atoms with Crippen LogP contribution in [0, 0.1) is 0 Å². The van der Waals surface area contributed by atoms with Gasteiger partial charge in [-0.2, -0.15) is 0 Å². The van der Waals surface area contributed by atoms with E-state index in [9.17, 15) is 4.79 Å². The number of unbranched alkanes of at least 4 members (excludes halogenated alkanes) is 12. The molecule has 1 aliphatic heterocycles. The predicted octanol–water partition coefficient (Wildman–Crippen LogP) is 9.83. The second-order valence-electron chi connectivity index (χ2n) is 12.5. The standard InChI is InChI=1S/C36H52ClNO3/c1-4-5-6-7-8-9-10-11-12-13-14-15-16-21-34(39)41-33-27-30-28(26-32(33)40-3)22-25-38-35(30,2)36(23-24-36)29-19-17-18-20-31(29)37/h17-20,26-27,38H,4-16,21-25H2,1-3H3. The lowest BCUT2D eigenvalue weighted by Gasteiger charge is -2.45. The number of ether oxygens (including phenoxy) is 2. The SMILES string of the molecule is CCCCCCCCCCCCCCCC(=O)Oc1cc2c(cc1OC)CCNC2(C)C1(c2ccccc2Cl)CC1. The normalized spacial score (nSPS) is 19.0. The van der Waals surface area contributed by atoms with Crippen molar-refractivity contribution in [2.45, 2.75) is 134 Å². The highest BCUT2D eigenvalue weighted by molar-refractivity contribution is 6.31. The molecular formula is C36H52ClNO3. The summed E-state index contributed by atoms with van der Waals surface area (Å²) >= 11 is 6.72. The highest BCUT2D eigenvalue weighted by atomic mass is 35.5. The van der Waals surface area contributed by atoms with Crippen molar-refractivity contribution in [3.8, 4) is 11.5 Å². The molecule has 0 radical (unpaired) electrons. The van der Waals surface area contributed by atoms with Crippen molar-refractivity contribution in [1.82, 2.24) is 5.32 Å². The predicted molar refractivity (Wildman–Crippen MR) is 170 cm³/mol. The van der Waals surface area contributed by atoms with E-state index in [1.165, 1.54) is 87.3 Å². The minimum absolute atomic E-state index is 0.0784. The lowest BCUT2D eigenvalue weighted by atomic mass is 9.69. The molecule has 41 heavy (non-hydrogen) atoms. The van der Waals surface area contributed by atoms with E-state index < -0.39 is 0 Å². The van der Waals surface area contributed by atoms with Gasteiger partial charge < -0.3 is 14.8 Å². The second-order valence-corrected chi connectivity index (χ2v) is 12.9. The van der Waals surface area contributed by atoms with Crippen LogP contribution in [0.2, 0.25) is 5.02 Å². The first-order chi connectivity index (χ1) is 19.9. The molecule has 1 atom stereocenters. The molecule has 1 saturated carbocycles. The molecule has 226 valence electrons. The van der Waals surface area contributed by atoms with Gasteiger partial charge in [-0.3, -0.25) is 4.79 Å². The molecule has 4 nitrogen and oxygen atoms in total. The average Bonchev–Trinajstić information content (AvgIpc) is 3.78. The van der Waals surface area contributed by atoms with E-state index in [2.05, 4.69) is 43.4 Å². The van der Waals surface area contributed by atoms with Gasteiger partial charge in [-0.05, 0) is 67.5 Å². The number of fused-ring (bicyclic) bond motifs is 1. The Bertz CT molecular complexity index is 1130. The Morgan fingerprint density at radius 3 is 2.05 bits per heavy atom. The van der Waals surface area contributed by atoms with Crippen LogP contribution in [0.1, 0.15) is 133 Å². The Hall–Kier alpha value is -2.04. The minimum atomic E-state index is -0.311. The number of rotatable bonds is 18. The zero-order valence-corrected chi connectivity index (χ0v) is 26.6. The summed E-state index contributed by atoms with van der Waals surface area (Å²) in [6, 6.07) is 12.3. The van der Waals surface area contributed by atoms with Gasteiger partial charge in [0.1, 0.15) is 0 Å². The van der Waals surface area contributed by atoms with E-state index in [4.69, 9.17) is 21.1 Å². The number of nitrogens with one attached hydrogen (secondary N) is 1. The number of esters is 1. The summed E-state index contributed by atoms with van der Waals surface area (Å²) in [5.41, 5.74) is 3.24. The molecule has 2 aromatic rings. The third kappa shape index (κ3) is 7.87. The van der Waals surface area contributed by atoms with E-state index in [0.717, 1.165) is 43.7 Å². The van der Waals surface area contributed by atoms with Gasteiger partial charge in [0, 0.05) is 23.4 Å². The third-order valence-electron chi connectivity index (χ3n) is 9.61. The van der Waals surface area contributed by atoms with Crippen LogP contribution in [-0.2, 0) is 22.2 Å². The second kappa shape index (κ2) is 15.4. The Morgan fingerprint density at radius 1 is 0.854 bits per heavy atom.